The normalized spacial score (nSPS) is 3.60. The molecule has 0 aromatic carbocycles. The Morgan fingerprint density at radius 3 is 1.20 bits per heavy atom. The van der Waals surface area contributed by atoms with Crippen LogP contribution in [0.25, 0.3) is 0 Å². The van der Waals surface area contributed by atoms with Crippen LogP contribution in [0.1, 0.15) is 0 Å². The molecular weight excluding hydrogens is 143 g/mol. The summed E-state index contributed by atoms with van der Waals surface area (Å²) in [4.78, 5) is 0. The number of rotatable bonds is 0. The van der Waals surface area contributed by atoms with Crippen molar-refractivity contribution in [3.63, 3.8) is 0 Å². The predicted octanol–water partition coefficient (Wildman–Crippen LogP) is -0.927. The average molecular weight is 154 g/mol. The van der Waals surface area contributed by atoms with Gasteiger partial charge in [0, 0.05) is 0 Å². The zero-order valence-electron chi connectivity index (χ0n) is 2.91. The first kappa shape index (κ1) is 16.9. The van der Waals surface area contributed by atoms with Crippen molar-refractivity contribution in [2.75, 3.05) is 14.1 Å². The van der Waals surface area contributed by atoms with E-state index in [2.05, 4.69) is 5.32 Å². The fraction of sp³-hybridized carbons (Fsp3) is 1.00. The van der Waals surface area contributed by atoms with Crippen LogP contribution in [0.3, 0.4) is 0 Å². The van der Waals surface area contributed by atoms with E-state index >= 15 is 0 Å². The summed E-state index contributed by atoms with van der Waals surface area (Å²) >= 11 is 0. The Morgan fingerprint density at radius 1 is 1.20 bits per heavy atom. The van der Waals surface area contributed by atoms with Gasteiger partial charge in [-0.15, -0.1) is 12.4 Å². The van der Waals surface area contributed by atoms with E-state index in [0.717, 1.165) is 0 Å². The Bertz CT molecular complexity index is 9.61. The van der Waals surface area contributed by atoms with Crippen molar-refractivity contribution in [3.05, 3.63) is 0 Å². The first-order valence-corrected chi connectivity index (χ1v) is 1.00. The Morgan fingerprint density at radius 2 is 1.20 bits per heavy atom. The van der Waals surface area contributed by atoms with E-state index in [1.54, 1.807) is 0 Å². The SMILES string of the molecule is CNC.Cl.[GaH3]. The first-order chi connectivity index (χ1) is 1.41. The van der Waals surface area contributed by atoms with E-state index in [9.17, 15) is 0 Å². The van der Waals surface area contributed by atoms with Crippen LogP contribution >= 0.6 is 12.4 Å². The minimum absolute atomic E-state index is 0. The van der Waals surface area contributed by atoms with E-state index in [1.807, 2.05) is 14.1 Å². The van der Waals surface area contributed by atoms with Crippen LogP contribution in [0.4, 0.5) is 0 Å². The van der Waals surface area contributed by atoms with Crippen LogP contribution in [-0.2, 0) is 0 Å². The molecule has 0 aromatic heterocycles. The fourth-order valence-corrected chi connectivity index (χ4v) is 0. The van der Waals surface area contributed by atoms with Crippen LogP contribution in [-0.4, -0.2) is 33.9 Å². The Kier molecular flexibility index (Phi) is 70.0. The molecule has 5 heavy (non-hydrogen) atoms. The van der Waals surface area contributed by atoms with Gasteiger partial charge in [0.05, 0.1) is 0 Å². The summed E-state index contributed by atoms with van der Waals surface area (Å²) in [6.07, 6.45) is 0. The third-order valence-electron chi connectivity index (χ3n) is 0. The second-order valence-electron chi connectivity index (χ2n) is 0.500. The van der Waals surface area contributed by atoms with E-state index < -0.39 is 0 Å². The quantitative estimate of drug-likeness (QED) is 0.445. The molecule has 1 nitrogen and oxygen atoms in total. The van der Waals surface area contributed by atoms with Crippen molar-refractivity contribution in [1.29, 1.82) is 0 Å². The molecule has 0 fully saturated rings. The van der Waals surface area contributed by atoms with E-state index in [0.29, 0.717) is 0 Å². The maximum absolute atomic E-state index is 2.75. The molecule has 0 atom stereocenters. The van der Waals surface area contributed by atoms with Gasteiger partial charge in [0.2, 0.25) is 0 Å². The third-order valence-corrected chi connectivity index (χ3v) is 0. The van der Waals surface area contributed by atoms with Gasteiger partial charge in [0.15, 0.2) is 0 Å². The molecule has 0 bridgehead atoms. The molecule has 0 unspecified atom stereocenters. The molecule has 0 amide bonds. The van der Waals surface area contributed by atoms with Gasteiger partial charge in [-0.1, -0.05) is 0 Å². The summed E-state index contributed by atoms with van der Waals surface area (Å²) in [5.74, 6) is 0. The number of halogens is 1. The molecule has 0 saturated heterocycles. The molecule has 0 radical (unpaired) electrons. The topological polar surface area (TPSA) is 12.0 Å². The second-order valence-corrected chi connectivity index (χ2v) is 0.500. The molecule has 3 heteroatoms. The van der Waals surface area contributed by atoms with E-state index in [-0.39, 0.29) is 32.2 Å². The van der Waals surface area contributed by atoms with E-state index in [4.69, 9.17) is 0 Å². The Balaban J connectivity index is -0.0000000200. The summed E-state index contributed by atoms with van der Waals surface area (Å²) < 4.78 is 0. The van der Waals surface area contributed by atoms with Crippen molar-refractivity contribution in [2.45, 2.75) is 0 Å². The standard InChI is InChI=1S/C2H7N.ClH.Ga.3H/c1-3-2;;;;;/h3H,1-2H3;1H;;;;. The number of hydrogen-bond donors (Lipinski definition) is 1. The zero-order chi connectivity index (χ0) is 2.71. The molecule has 0 aromatic rings. The maximum atomic E-state index is 2.75. The van der Waals surface area contributed by atoms with Crippen LogP contribution < -0.4 is 5.32 Å². The molecule has 0 saturated carbocycles. The van der Waals surface area contributed by atoms with Gasteiger partial charge in [0.25, 0.3) is 0 Å². The van der Waals surface area contributed by atoms with Crippen molar-refractivity contribution in [2.24, 2.45) is 0 Å². The van der Waals surface area contributed by atoms with Crippen molar-refractivity contribution in [1.82, 2.24) is 5.32 Å². The number of nitrogens with one attached hydrogen (secondary N) is 1. The van der Waals surface area contributed by atoms with Gasteiger partial charge < -0.3 is 5.32 Å². The van der Waals surface area contributed by atoms with Crippen molar-refractivity contribution >= 4 is 32.2 Å². The summed E-state index contributed by atoms with van der Waals surface area (Å²) in [6.45, 7) is 0. The molecule has 1 N–H and O–H groups in total. The van der Waals surface area contributed by atoms with Gasteiger partial charge in [-0.25, -0.2) is 0 Å². The molecule has 0 spiro atoms. The van der Waals surface area contributed by atoms with Crippen LogP contribution in [0.5, 0.6) is 0 Å². The molecule has 34 valence electrons. The fourth-order valence-electron chi connectivity index (χ4n) is 0. The molecule has 0 aliphatic carbocycles. The van der Waals surface area contributed by atoms with Gasteiger partial charge in [-0.2, -0.15) is 0 Å². The van der Waals surface area contributed by atoms with Crippen LogP contribution in [0.15, 0.2) is 0 Å². The molecule has 0 heterocycles. The Hall–Kier alpha value is 0.886. The monoisotopic (exact) mass is 153 g/mol. The molecule has 0 aliphatic heterocycles. The molecular formula is C2H11ClGaN. The van der Waals surface area contributed by atoms with Crippen LogP contribution in [0.2, 0.25) is 0 Å². The third kappa shape index (κ3) is 51.8. The average Bonchev–Trinajstić information content (AvgIpc) is 0.918. The predicted molar refractivity (Wildman–Crippen MR) is 32.2 cm³/mol. The Labute approximate surface area is 52.0 Å². The van der Waals surface area contributed by atoms with Crippen molar-refractivity contribution < 1.29 is 0 Å². The van der Waals surface area contributed by atoms with Crippen molar-refractivity contribution in [3.8, 4) is 0 Å². The minimum atomic E-state index is 0. The number of hydrogen-bond acceptors (Lipinski definition) is 1. The molecule has 0 aliphatic rings. The van der Waals surface area contributed by atoms with Gasteiger partial charge in [0.1, 0.15) is 0 Å². The summed E-state index contributed by atoms with van der Waals surface area (Å²) in [7, 11) is 3.75. The van der Waals surface area contributed by atoms with Gasteiger partial charge in [-0.3, -0.25) is 0 Å². The van der Waals surface area contributed by atoms with Crippen LogP contribution in [0, 0.1) is 0 Å². The van der Waals surface area contributed by atoms with Gasteiger partial charge >= 0.3 is 19.8 Å². The first-order valence-electron chi connectivity index (χ1n) is 1.00. The molecule has 0 rings (SSSR count). The summed E-state index contributed by atoms with van der Waals surface area (Å²) in [5.41, 5.74) is 0. The second kappa shape index (κ2) is 20.7. The van der Waals surface area contributed by atoms with E-state index in [1.165, 1.54) is 0 Å². The van der Waals surface area contributed by atoms with Gasteiger partial charge in [-0.05, 0) is 14.1 Å². The zero-order valence-corrected chi connectivity index (χ0v) is 3.72. The summed E-state index contributed by atoms with van der Waals surface area (Å²) in [5, 5.41) is 2.75. The summed E-state index contributed by atoms with van der Waals surface area (Å²) in [6, 6.07) is 0.